The Bertz CT molecular complexity index is 676. The predicted octanol–water partition coefficient (Wildman–Crippen LogP) is 3.44. The molecule has 0 spiro atoms. The van der Waals surface area contributed by atoms with Gasteiger partial charge in [0.15, 0.2) is 5.11 Å². The van der Waals surface area contributed by atoms with Gasteiger partial charge < -0.3 is 10.1 Å². The van der Waals surface area contributed by atoms with Crippen LogP contribution in [0.4, 0.5) is 5.69 Å². The first-order chi connectivity index (χ1) is 10.5. The largest absolute Gasteiger partial charge is 0.497 e. The summed E-state index contributed by atoms with van der Waals surface area (Å²) in [5.41, 5.74) is 3.64. The molecule has 0 unspecified atom stereocenters. The van der Waals surface area contributed by atoms with E-state index in [1.807, 2.05) is 26.0 Å². The van der Waals surface area contributed by atoms with Gasteiger partial charge in [-0.05, 0) is 73.6 Å². The van der Waals surface area contributed by atoms with Crippen LogP contribution in [-0.4, -0.2) is 18.1 Å². The first-order valence-electron chi connectivity index (χ1n) is 6.82. The first-order valence-corrected chi connectivity index (χ1v) is 7.23. The second kappa shape index (κ2) is 7.04. The molecule has 0 aliphatic heterocycles. The van der Waals surface area contributed by atoms with Crippen molar-refractivity contribution in [3.8, 4) is 5.75 Å². The van der Waals surface area contributed by atoms with Crippen molar-refractivity contribution in [3.63, 3.8) is 0 Å². The number of carbonyl (C=O) groups is 1. The number of hydrogen-bond donors (Lipinski definition) is 2. The molecule has 2 aromatic rings. The Labute approximate surface area is 135 Å². The van der Waals surface area contributed by atoms with Crippen LogP contribution in [0, 0.1) is 13.8 Å². The van der Waals surface area contributed by atoms with Gasteiger partial charge in [0.2, 0.25) is 0 Å². The van der Waals surface area contributed by atoms with Crippen molar-refractivity contribution in [2.45, 2.75) is 13.8 Å². The van der Waals surface area contributed by atoms with Gasteiger partial charge in [-0.25, -0.2) is 0 Å². The Morgan fingerprint density at radius 3 is 2.18 bits per heavy atom. The Morgan fingerprint density at radius 2 is 1.64 bits per heavy atom. The van der Waals surface area contributed by atoms with Gasteiger partial charge in [0.1, 0.15) is 5.75 Å². The minimum absolute atomic E-state index is 0.260. The molecule has 22 heavy (non-hydrogen) atoms. The molecule has 2 rings (SSSR count). The van der Waals surface area contributed by atoms with Crippen molar-refractivity contribution in [2.75, 3.05) is 12.4 Å². The molecule has 0 atom stereocenters. The summed E-state index contributed by atoms with van der Waals surface area (Å²) in [5, 5.41) is 5.95. The van der Waals surface area contributed by atoms with Crippen molar-refractivity contribution in [1.29, 1.82) is 0 Å². The summed E-state index contributed by atoms with van der Waals surface area (Å²) < 4.78 is 5.06. The van der Waals surface area contributed by atoms with Crippen LogP contribution in [0.5, 0.6) is 5.75 Å². The van der Waals surface area contributed by atoms with E-state index in [1.54, 1.807) is 31.4 Å². The Morgan fingerprint density at radius 1 is 1.05 bits per heavy atom. The molecule has 0 bridgehead atoms. The highest BCUT2D eigenvalue weighted by molar-refractivity contribution is 7.80. The first kappa shape index (κ1) is 16.0. The number of methoxy groups -OCH3 is 1. The zero-order chi connectivity index (χ0) is 16.1. The van der Waals surface area contributed by atoms with Gasteiger partial charge in [-0.3, -0.25) is 10.1 Å². The average Bonchev–Trinajstić information content (AvgIpc) is 2.46. The highest BCUT2D eigenvalue weighted by Crippen LogP contribution is 2.14. The molecule has 1 amide bonds. The van der Waals surface area contributed by atoms with Gasteiger partial charge in [-0.2, -0.15) is 0 Å². The number of aryl methyl sites for hydroxylation is 2. The summed E-state index contributed by atoms with van der Waals surface area (Å²) in [6.07, 6.45) is 0. The maximum absolute atomic E-state index is 12.1. The molecule has 0 radical (unpaired) electrons. The summed E-state index contributed by atoms with van der Waals surface area (Å²) in [4.78, 5) is 12.1. The molecule has 4 nitrogen and oxygen atoms in total. The van der Waals surface area contributed by atoms with Gasteiger partial charge in [0.05, 0.1) is 7.11 Å². The van der Waals surface area contributed by atoms with Crippen LogP contribution in [0.2, 0.25) is 0 Å². The van der Waals surface area contributed by atoms with E-state index in [0.717, 1.165) is 16.8 Å². The predicted molar refractivity (Wildman–Crippen MR) is 92.6 cm³/mol. The van der Waals surface area contributed by atoms with Crippen molar-refractivity contribution in [3.05, 3.63) is 59.2 Å². The van der Waals surface area contributed by atoms with Crippen molar-refractivity contribution >= 4 is 28.9 Å². The van der Waals surface area contributed by atoms with Crippen LogP contribution in [0.1, 0.15) is 21.5 Å². The minimum atomic E-state index is -0.260. The fraction of sp³-hybridized carbons (Fsp3) is 0.176. The second-order valence-corrected chi connectivity index (χ2v) is 5.42. The normalized spacial score (nSPS) is 9.95. The number of carbonyl (C=O) groups excluding carboxylic acids is 1. The van der Waals surface area contributed by atoms with E-state index in [9.17, 15) is 4.79 Å². The van der Waals surface area contributed by atoms with Crippen LogP contribution in [0.25, 0.3) is 0 Å². The molecule has 114 valence electrons. The number of thiocarbonyl (C=S) groups is 1. The van der Waals surface area contributed by atoms with Crippen LogP contribution < -0.4 is 15.4 Å². The molecule has 2 N–H and O–H groups in total. The molecule has 2 aromatic carbocycles. The molecular weight excluding hydrogens is 296 g/mol. The second-order valence-electron chi connectivity index (χ2n) is 5.01. The number of amides is 1. The fourth-order valence-corrected chi connectivity index (χ4v) is 2.34. The lowest BCUT2D eigenvalue weighted by Gasteiger charge is -2.11. The van der Waals surface area contributed by atoms with E-state index in [0.29, 0.717) is 11.3 Å². The maximum Gasteiger partial charge on any atom is 0.257 e. The molecule has 0 saturated heterocycles. The minimum Gasteiger partial charge on any atom is -0.497 e. The molecule has 0 heterocycles. The van der Waals surface area contributed by atoms with Crippen molar-refractivity contribution in [1.82, 2.24) is 5.32 Å². The Kier molecular flexibility index (Phi) is 5.12. The smallest absolute Gasteiger partial charge is 0.257 e. The molecule has 0 aromatic heterocycles. The van der Waals surface area contributed by atoms with E-state index in [2.05, 4.69) is 16.7 Å². The van der Waals surface area contributed by atoms with Crippen molar-refractivity contribution < 1.29 is 9.53 Å². The maximum atomic E-state index is 12.1. The SMILES string of the molecule is COc1ccc(C(=O)NC(=S)Nc2cc(C)cc(C)c2)cc1. The monoisotopic (exact) mass is 314 g/mol. The lowest BCUT2D eigenvalue weighted by molar-refractivity contribution is 0.0977. The highest BCUT2D eigenvalue weighted by Gasteiger charge is 2.08. The van der Waals surface area contributed by atoms with Gasteiger partial charge in [-0.1, -0.05) is 6.07 Å². The standard InChI is InChI=1S/C17H18N2O2S/c1-11-8-12(2)10-14(9-11)18-17(22)19-16(20)13-4-6-15(21-3)7-5-13/h4-10H,1-3H3,(H2,18,19,20,22). The van der Waals surface area contributed by atoms with E-state index in [1.165, 1.54) is 0 Å². The van der Waals surface area contributed by atoms with Gasteiger partial charge in [0, 0.05) is 11.3 Å². The number of anilines is 1. The summed E-state index contributed by atoms with van der Waals surface area (Å²) in [6.45, 7) is 4.02. The van der Waals surface area contributed by atoms with Gasteiger partial charge in [-0.15, -0.1) is 0 Å². The topological polar surface area (TPSA) is 50.4 Å². The third-order valence-electron chi connectivity index (χ3n) is 3.06. The molecule has 0 aliphatic rings. The summed E-state index contributed by atoms with van der Waals surface area (Å²) in [5.74, 6) is 0.442. The lowest BCUT2D eigenvalue weighted by atomic mass is 10.1. The highest BCUT2D eigenvalue weighted by atomic mass is 32.1. The van der Waals surface area contributed by atoms with Crippen LogP contribution in [-0.2, 0) is 0 Å². The number of benzene rings is 2. The van der Waals surface area contributed by atoms with E-state index in [-0.39, 0.29) is 11.0 Å². The van der Waals surface area contributed by atoms with Gasteiger partial charge >= 0.3 is 0 Å². The number of hydrogen-bond acceptors (Lipinski definition) is 3. The van der Waals surface area contributed by atoms with E-state index >= 15 is 0 Å². The van der Waals surface area contributed by atoms with E-state index in [4.69, 9.17) is 17.0 Å². The molecular formula is C17H18N2O2S. The Balaban J connectivity index is 2.00. The third kappa shape index (κ3) is 4.30. The quantitative estimate of drug-likeness (QED) is 0.852. The zero-order valence-electron chi connectivity index (χ0n) is 12.8. The van der Waals surface area contributed by atoms with Gasteiger partial charge in [0.25, 0.3) is 5.91 Å². The fourth-order valence-electron chi connectivity index (χ4n) is 2.13. The molecule has 0 fully saturated rings. The van der Waals surface area contributed by atoms with E-state index < -0.39 is 0 Å². The summed E-state index contributed by atoms with van der Waals surface area (Å²) >= 11 is 5.18. The number of rotatable bonds is 3. The third-order valence-corrected chi connectivity index (χ3v) is 3.26. The van der Waals surface area contributed by atoms with Crippen LogP contribution >= 0.6 is 12.2 Å². The summed E-state index contributed by atoms with van der Waals surface area (Å²) in [7, 11) is 1.58. The van der Waals surface area contributed by atoms with Crippen LogP contribution in [0.3, 0.4) is 0 Å². The zero-order valence-corrected chi connectivity index (χ0v) is 13.6. The Hall–Kier alpha value is -2.40. The van der Waals surface area contributed by atoms with Crippen molar-refractivity contribution in [2.24, 2.45) is 0 Å². The molecule has 0 saturated carbocycles. The average molecular weight is 314 g/mol. The number of nitrogens with one attached hydrogen (secondary N) is 2. The lowest BCUT2D eigenvalue weighted by Crippen LogP contribution is -2.34. The summed E-state index contributed by atoms with van der Waals surface area (Å²) in [6, 6.07) is 12.9. The van der Waals surface area contributed by atoms with Crippen LogP contribution in [0.15, 0.2) is 42.5 Å². The molecule has 5 heteroatoms. The number of ether oxygens (including phenoxy) is 1. The molecule has 0 aliphatic carbocycles.